The van der Waals surface area contributed by atoms with Crippen molar-refractivity contribution < 1.29 is 16.5 Å². The van der Waals surface area contributed by atoms with E-state index in [1.54, 1.807) is 0 Å². The molecule has 49 valence electrons. The first kappa shape index (κ1) is 15.7. The van der Waals surface area contributed by atoms with Crippen LogP contribution >= 0.6 is 0 Å². The minimum Gasteiger partial charge on any atom is -0.358 e. The fraction of sp³-hybridized carbons (Fsp3) is 0. The SMILES string of the molecule is [CH3-].[CH3-].[Ni+3].c1cc[cH-]c1. The normalized spacial score (nSPS) is 5.00. The Bertz CT molecular complexity index is 60.9. The van der Waals surface area contributed by atoms with Gasteiger partial charge in [0.1, 0.15) is 0 Å². The maximum absolute atomic E-state index is 2.00. The van der Waals surface area contributed by atoms with E-state index in [1.807, 2.05) is 30.3 Å². The van der Waals surface area contributed by atoms with E-state index in [2.05, 4.69) is 0 Å². The van der Waals surface area contributed by atoms with Crippen molar-refractivity contribution in [1.29, 1.82) is 0 Å². The minimum atomic E-state index is 0. The van der Waals surface area contributed by atoms with Crippen LogP contribution in [0.5, 0.6) is 0 Å². The Labute approximate surface area is 62.2 Å². The quantitative estimate of drug-likeness (QED) is 0.397. The van der Waals surface area contributed by atoms with Crippen LogP contribution in [0.1, 0.15) is 0 Å². The molecule has 0 unspecified atom stereocenters. The molecule has 0 N–H and O–H groups in total. The van der Waals surface area contributed by atoms with Gasteiger partial charge < -0.3 is 14.9 Å². The van der Waals surface area contributed by atoms with Gasteiger partial charge in [-0.05, 0) is 0 Å². The van der Waals surface area contributed by atoms with Crippen LogP contribution in [0.4, 0.5) is 0 Å². The maximum atomic E-state index is 2.00. The molecule has 1 radical (unpaired) electrons. The largest absolute Gasteiger partial charge is 3.00 e. The molecule has 0 aliphatic carbocycles. The Kier molecular flexibility index (Phi) is 19.5. The Hall–Kier alpha value is -0.156. The molecule has 1 heteroatoms. The van der Waals surface area contributed by atoms with E-state index in [0.717, 1.165) is 0 Å². The van der Waals surface area contributed by atoms with Gasteiger partial charge in [-0.2, -0.15) is 18.2 Å². The van der Waals surface area contributed by atoms with Crippen LogP contribution in [0.3, 0.4) is 0 Å². The summed E-state index contributed by atoms with van der Waals surface area (Å²) in [5.41, 5.74) is 0. The zero-order chi connectivity index (χ0) is 3.54. The summed E-state index contributed by atoms with van der Waals surface area (Å²) in [5.74, 6) is 0. The molecular formula is C7H11Ni. The molecule has 0 spiro atoms. The molecule has 0 aliphatic heterocycles. The van der Waals surface area contributed by atoms with Crippen LogP contribution in [0, 0.1) is 14.9 Å². The molecule has 1 rings (SSSR count). The van der Waals surface area contributed by atoms with Crippen molar-refractivity contribution in [2.24, 2.45) is 0 Å². The molecule has 0 heterocycles. The Balaban J connectivity index is -0.0000000833. The van der Waals surface area contributed by atoms with Crippen LogP contribution in [0.2, 0.25) is 0 Å². The van der Waals surface area contributed by atoms with Gasteiger partial charge in [-0.1, -0.05) is 0 Å². The van der Waals surface area contributed by atoms with Crippen molar-refractivity contribution in [2.45, 2.75) is 0 Å². The summed E-state index contributed by atoms with van der Waals surface area (Å²) in [6.07, 6.45) is 0. The summed E-state index contributed by atoms with van der Waals surface area (Å²) in [7, 11) is 0. The molecule has 0 atom stereocenters. The predicted octanol–water partition coefficient (Wildman–Crippen LogP) is 2.30. The monoisotopic (exact) mass is 153 g/mol. The van der Waals surface area contributed by atoms with Crippen LogP contribution in [-0.2, 0) is 16.5 Å². The molecule has 0 bridgehead atoms. The molecule has 0 saturated heterocycles. The van der Waals surface area contributed by atoms with Crippen molar-refractivity contribution in [3.8, 4) is 0 Å². The minimum absolute atomic E-state index is 0. The molecule has 0 saturated carbocycles. The first-order valence-corrected chi connectivity index (χ1v) is 1.67. The first-order chi connectivity index (χ1) is 2.50. The molecule has 0 nitrogen and oxygen atoms in total. The molecule has 0 fully saturated rings. The summed E-state index contributed by atoms with van der Waals surface area (Å²) >= 11 is 0. The van der Waals surface area contributed by atoms with E-state index < -0.39 is 0 Å². The van der Waals surface area contributed by atoms with Gasteiger partial charge in [0.2, 0.25) is 0 Å². The Morgan fingerprint density at radius 3 is 1.38 bits per heavy atom. The fourth-order valence-electron chi connectivity index (χ4n) is 0.321. The second kappa shape index (κ2) is 9.96. The molecule has 1 aromatic carbocycles. The van der Waals surface area contributed by atoms with E-state index >= 15 is 0 Å². The predicted molar refractivity (Wildman–Crippen MR) is 34.9 cm³/mol. The molecule has 0 aromatic heterocycles. The van der Waals surface area contributed by atoms with Crippen LogP contribution < -0.4 is 0 Å². The first-order valence-electron chi connectivity index (χ1n) is 1.67. The summed E-state index contributed by atoms with van der Waals surface area (Å²) in [6, 6.07) is 10.0. The van der Waals surface area contributed by atoms with E-state index in [9.17, 15) is 0 Å². The van der Waals surface area contributed by atoms with Crippen molar-refractivity contribution in [2.75, 3.05) is 0 Å². The smallest absolute Gasteiger partial charge is 0.358 e. The van der Waals surface area contributed by atoms with Gasteiger partial charge in [0.05, 0.1) is 0 Å². The van der Waals surface area contributed by atoms with Crippen molar-refractivity contribution in [3.63, 3.8) is 0 Å². The van der Waals surface area contributed by atoms with Crippen molar-refractivity contribution in [3.05, 3.63) is 45.2 Å². The van der Waals surface area contributed by atoms with E-state index in [0.29, 0.717) is 0 Å². The molecule has 1 aromatic rings. The molecular weight excluding hydrogens is 143 g/mol. The average Bonchev–Trinajstić information content (AvgIpc) is 1.76. The van der Waals surface area contributed by atoms with Gasteiger partial charge in [0, 0.05) is 0 Å². The van der Waals surface area contributed by atoms with E-state index in [1.165, 1.54) is 0 Å². The third-order valence-electron chi connectivity index (χ3n) is 0.556. The third-order valence-corrected chi connectivity index (χ3v) is 0.556. The van der Waals surface area contributed by atoms with Gasteiger partial charge in [0.25, 0.3) is 0 Å². The van der Waals surface area contributed by atoms with Crippen LogP contribution in [0.25, 0.3) is 0 Å². The van der Waals surface area contributed by atoms with E-state index in [-0.39, 0.29) is 31.3 Å². The standard InChI is InChI=1S/C5H5.2CH3.Ni/c1-2-4-5-3-1;;;/h1-5H;2*1H3;/q3*-1;+3. The topological polar surface area (TPSA) is 0 Å². The zero-order valence-corrected chi connectivity index (χ0v) is 6.19. The Morgan fingerprint density at radius 2 is 1.25 bits per heavy atom. The molecule has 8 heavy (non-hydrogen) atoms. The summed E-state index contributed by atoms with van der Waals surface area (Å²) in [4.78, 5) is 0. The number of hydrogen-bond acceptors (Lipinski definition) is 0. The second-order valence-corrected chi connectivity index (χ2v) is 0.962. The number of rotatable bonds is 0. The van der Waals surface area contributed by atoms with Crippen molar-refractivity contribution >= 4 is 0 Å². The summed E-state index contributed by atoms with van der Waals surface area (Å²) in [6.45, 7) is 0. The van der Waals surface area contributed by atoms with Gasteiger partial charge in [-0.3, -0.25) is 0 Å². The van der Waals surface area contributed by atoms with Gasteiger partial charge >= 0.3 is 16.5 Å². The van der Waals surface area contributed by atoms with Crippen molar-refractivity contribution in [1.82, 2.24) is 0 Å². The van der Waals surface area contributed by atoms with Gasteiger partial charge in [-0.15, -0.1) is 0 Å². The number of hydrogen-bond donors (Lipinski definition) is 0. The third kappa shape index (κ3) is 5.84. The molecule has 0 amide bonds. The fourth-order valence-corrected chi connectivity index (χ4v) is 0.321. The van der Waals surface area contributed by atoms with Crippen LogP contribution in [0.15, 0.2) is 30.3 Å². The zero-order valence-electron chi connectivity index (χ0n) is 5.20. The average molecular weight is 154 g/mol. The van der Waals surface area contributed by atoms with Gasteiger partial charge in [0.15, 0.2) is 0 Å². The second-order valence-electron chi connectivity index (χ2n) is 0.962. The summed E-state index contributed by atoms with van der Waals surface area (Å²) < 4.78 is 0. The van der Waals surface area contributed by atoms with E-state index in [4.69, 9.17) is 0 Å². The Morgan fingerprint density at radius 1 is 0.875 bits per heavy atom. The van der Waals surface area contributed by atoms with Gasteiger partial charge in [-0.25, -0.2) is 12.1 Å². The summed E-state index contributed by atoms with van der Waals surface area (Å²) in [5, 5.41) is 0. The van der Waals surface area contributed by atoms with Crippen LogP contribution in [-0.4, -0.2) is 0 Å². The maximum Gasteiger partial charge on any atom is 3.00 e. The molecule has 0 aliphatic rings.